The van der Waals surface area contributed by atoms with Crippen LogP contribution in [-0.2, 0) is 14.8 Å². The molecule has 1 heterocycles. The highest BCUT2D eigenvalue weighted by Crippen LogP contribution is 2.40. The third-order valence-electron chi connectivity index (χ3n) is 5.99. The van der Waals surface area contributed by atoms with Crippen LogP contribution in [-0.4, -0.2) is 32.1 Å². The van der Waals surface area contributed by atoms with Crippen LogP contribution in [0.25, 0.3) is 0 Å². The molecule has 0 bridgehead atoms. The van der Waals surface area contributed by atoms with E-state index in [0.717, 1.165) is 25.7 Å². The lowest BCUT2D eigenvalue weighted by Crippen LogP contribution is -2.41. The van der Waals surface area contributed by atoms with Crippen LogP contribution < -0.4 is 10.0 Å². The number of rotatable bonds is 8. The fourth-order valence-electron chi connectivity index (χ4n) is 3.84. The summed E-state index contributed by atoms with van der Waals surface area (Å²) in [5.41, 5.74) is 0.669. The van der Waals surface area contributed by atoms with E-state index in [2.05, 4.69) is 36.0 Å². The Kier molecular flexibility index (Phi) is 7.08. The summed E-state index contributed by atoms with van der Waals surface area (Å²) < 4.78 is 32.0. The third-order valence-corrected chi connectivity index (χ3v) is 7.69. The summed E-state index contributed by atoms with van der Waals surface area (Å²) in [4.78, 5) is 12.2. The second-order valence-corrected chi connectivity index (χ2v) is 9.96. The Hall–Kier alpha value is -1.41. The van der Waals surface area contributed by atoms with Crippen molar-refractivity contribution in [3.63, 3.8) is 0 Å². The molecule has 0 saturated heterocycles. The molecule has 0 radical (unpaired) electrons. The molecule has 1 amide bonds. The van der Waals surface area contributed by atoms with E-state index in [1.807, 2.05) is 0 Å². The normalized spacial score (nSPS) is 21.2. The van der Waals surface area contributed by atoms with E-state index in [1.165, 1.54) is 6.42 Å². The maximum atomic E-state index is 12.3. The summed E-state index contributed by atoms with van der Waals surface area (Å²) in [5, 5.41) is 6.71. The van der Waals surface area contributed by atoms with Gasteiger partial charge in [-0.2, -0.15) is 0 Å². The van der Waals surface area contributed by atoms with Gasteiger partial charge in [-0.25, -0.2) is 13.1 Å². The van der Waals surface area contributed by atoms with Crippen molar-refractivity contribution in [2.24, 2.45) is 11.3 Å². The number of nitrogens with zero attached hydrogens (tertiary/aromatic N) is 1. The highest BCUT2D eigenvalue weighted by atomic mass is 32.2. The Morgan fingerprint density at radius 1 is 1.22 bits per heavy atom. The number of nitrogens with one attached hydrogen (secondary N) is 2. The number of carbonyl (C=O) groups excluding carboxylic acids is 1. The Labute approximate surface area is 162 Å². The first-order valence-electron chi connectivity index (χ1n) is 9.78. The molecule has 154 valence electrons. The number of amides is 1. The summed E-state index contributed by atoms with van der Waals surface area (Å²) in [6.45, 7) is 10.1. The maximum absolute atomic E-state index is 12.3. The zero-order valence-electron chi connectivity index (χ0n) is 17.1. The van der Waals surface area contributed by atoms with Gasteiger partial charge in [0.05, 0.1) is 0 Å². The molecule has 0 spiro atoms. The van der Waals surface area contributed by atoms with Crippen molar-refractivity contribution in [3.05, 3.63) is 11.5 Å². The van der Waals surface area contributed by atoms with Gasteiger partial charge in [-0.3, -0.25) is 4.79 Å². The van der Waals surface area contributed by atoms with Crippen LogP contribution in [0.15, 0.2) is 9.42 Å². The van der Waals surface area contributed by atoms with Crippen LogP contribution in [0.5, 0.6) is 0 Å². The largest absolute Gasteiger partial charge is 0.360 e. The van der Waals surface area contributed by atoms with Crippen molar-refractivity contribution < 1.29 is 17.7 Å². The van der Waals surface area contributed by atoms with E-state index in [1.54, 1.807) is 13.8 Å². The lowest BCUT2D eigenvalue weighted by Gasteiger charge is -2.39. The average Bonchev–Trinajstić information content (AvgIpc) is 2.94. The third kappa shape index (κ3) is 5.54. The molecule has 8 heteroatoms. The first-order valence-corrected chi connectivity index (χ1v) is 11.3. The van der Waals surface area contributed by atoms with Gasteiger partial charge < -0.3 is 9.84 Å². The summed E-state index contributed by atoms with van der Waals surface area (Å²) >= 11 is 0. The molecule has 2 N–H and O–H groups in total. The lowest BCUT2D eigenvalue weighted by atomic mass is 9.69. The first kappa shape index (κ1) is 21.9. The van der Waals surface area contributed by atoms with Gasteiger partial charge >= 0.3 is 0 Å². The molecule has 1 aromatic rings. The lowest BCUT2D eigenvalue weighted by molar-refractivity contribution is -0.122. The highest BCUT2D eigenvalue weighted by molar-refractivity contribution is 7.89. The number of aromatic nitrogens is 1. The Morgan fingerprint density at radius 2 is 1.85 bits per heavy atom. The average molecular weight is 400 g/mol. The SMILES string of the molecule is CCC(C)(C)C1CCC(NC(=O)CCNS(=O)(=O)c2c(C)noc2C)CC1. The zero-order chi connectivity index (χ0) is 20.2. The molecule has 1 aromatic heterocycles. The smallest absolute Gasteiger partial charge is 0.245 e. The van der Waals surface area contributed by atoms with E-state index in [0.29, 0.717) is 17.0 Å². The number of hydrogen-bond donors (Lipinski definition) is 2. The van der Waals surface area contributed by atoms with Crippen molar-refractivity contribution >= 4 is 15.9 Å². The maximum Gasteiger partial charge on any atom is 0.245 e. The van der Waals surface area contributed by atoms with Crippen LogP contribution in [0.3, 0.4) is 0 Å². The zero-order valence-corrected chi connectivity index (χ0v) is 17.9. The van der Waals surface area contributed by atoms with Gasteiger partial charge in [0, 0.05) is 19.0 Å². The summed E-state index contributed by atoms with van der Waals surface area (Å²) in [6, 6.07) is 0.195. The molecule has 1 fully saturated rings. The number of carbonyl (C=O) groups is 1. The predicted octanol–water partition coefficient (Wildman–Crippen LogP) is 3.07. The Bertz CT molecular complexity index is 728. The van der Waals surface area contributed by atoms with Gasteiger partial charge in [-0.05, 0) is 50.9 Å². The van der Waals surface area contributed by atoms with Gasteiger partial charge in [0.25, 0.3) is 0 Å². The van der Waals surface area contributed by atoms with Crippen LogP contribution in [0.1, 0.15) is 70.8 Å². The molecule has 1 aliphatic carbocycles. The van der Waals surface area contributed by atoms with Crippen molar-refractivity contribution in [1.82, 2.24) is 15.2 Å². The summed E-state index contributed by atoms with van der Waals surface area (Å²) in [5.74, 6) is 0.836. The van der Waals surface area contributed by atoms with Crippen molar-refractivity contribution in [1.29, 1.82) is 0 Å². The molecule has 2 rings (SSSR count). The number of aryl methyl sites for hydroxylation is 2. The van der Waals surface area contributed by atoms with E-state index >= 15 is 0 Å². The Balaban J connectivity index is 1.76. The second kappa shape index (κ2) is 8.73. The summed E-state index contributed by atoms with van der Waals surface area (Å²) in [6.07, 6.45) is 5.52. The van der Waals surface area contributed by atoms with Crippen LogP contribution in [0.2, 0.25) is 0 Å². The number of hydrogen-bond acceptors (Lipinski definition) is 5. The van der Waals surface area contributed by atoms with Crippen molar-refractivity contribution in [2.45, 2.75) is 84.1 Å². The summed E-state index contributed by atoms with van der Waals surface area (Å²) in [7, 11) is -3.72. The quantitative estimate of drug-likeness (QED) is 0.699. The molecule has 27 heavy (non-hydrogen) atoms. The molecule has 0 aliphatic heterocycles. The minimum atomic E-state index is -3.72. The molecule has 0 atom stereocenters. The second-order valence-electron chi connectivity index (χ2n) is 8.26. The monoisotopic (exact) mass is 399 g/mol. The van der Waals surface area contributed by atoms with E-state index in [-0.39, 0.29) is 35.6 Å². The first-order chi connectivity index (χ1) is 12.6. The molecular weight excluding hydrogens is 366 g/mol. The molecular formula is C19H33N3O4S. The van der Waals surface area contributed by atoms with Crippen LogP contribution >= 0.6 is 0 Å². The molecule has 1 saturated carbocycles. The minimum absolute atomic E-state index is 0.0520. The van der Waals surface area contributed by atoms with Crippen molar-refractivity contribution in [3.8, 4) is 0 Å². The van der Waals surface area contributed by atoms with Gasteiger partial charge in [-0.15, -0.1) is 0 Å². The fourth-order valence-corrected chi connectivity index (χ4v) is 5.19. The minimum Gasteiger partial charge on any atom is -0.360 e. The molecule has 7 nitrogen and oxygen atoms in total. The van der Waals surface area contributed by atoms with E-state index < -0.39 is 10.0 Å². The van der Waals surface area contributed by atoms with E-state index in [9.17, 15) is 13.2 Å². The van der Waals surface area contributed by atoms with Crippen molar-refractivity contribution in [2.75, 3.05) is 6.54 Å². The van der Waals surface area contributed by atoms with Crippen LogP contribution in [0, 0.1) is 25.2 Å². The molecule has 0 aromatic carbocycles. The topological polar surface area (TPSA) is 101 Å². The van der Waals surface area contributed by atoms with E-state index in [4.69, 9.17) is 4.52 Å². The number of sulfonamides is 1. The molecule has 1 aliphatic rings. The predicted molar refractivity (Wildman–Crippen MR) is 104 cm³/mol. The van der Waals surface area contributed by atoms with Gasteiger partial charge in [0.2, 0.25) is 15.9 Å². The Morgan fingerprint density at radius 3 is 2.37 bits per heavy atom. The highest BCUT2D eigenvalue weighted by Gasteiger charge is 2.32. The molecule has 0 unspecified atom stereocenters. The van der Waals surface area contributed by atoms with Gasteiger partial charge in [-0.1, -0.05) is 32.3 Å². The van der Waals surface area contributed by atoms with Gasteiger partial charge in [0.1, 0.15) is 10.6 Å². The fraction of sp³-hybridized carbons (Fsp3) is 0.789. The van der Waals surface area contributed by atoms with Gasteiger partial charge in [0.15, 0.2) is 5.76 Å². The van der Waals surface area contributed by atoms with Crippen LogP contribution in [0.4, 0.5) is 0 Å². The standard InChI is InChI=1S/C19H33N3O4S/c1-6-19(4,5)15-7-9-16(10-8-15)21-17(23)11-12-20-27(24,25)18-13(2)22-26-14(18)3/h15-16,20H,6-12H2,1-5H3,(H,21,23).